The molecule has 3 nitrogen and oxygen atoms in total. The minimum absolute atomic E-state index is 0.258. The van der Waals surface area contributed by atoms with E-state index in [1.54, 1.807) is 0 Å². The fourth-order valence-electron chi connectivity index (χ4n) is 3.21. The molecule has 0 aromatic carbocycles. The highest BCUT2D eigenvalue weighted by molar-refractivity contribution is 7.99. The zero-order valence-electron chi connectivity index (χ0n) is 10.8. The average Bonchev–Trinajstić information content (AvgIpc) is 2.83. The van der Waals surface area contributed by atoms with Crippen LogP contribution in [0.3, 0.4) is 0 Å². The first-order chi connectivity index (χ1) is 8.88. The Morgan fingerprint density at radius 2 is 2.28 bits per heavy atom. The molecule has 2 aliphatic rings. The van der Waals surface area contributed by atoms with Crippen molar-refractivity contribution in [2.45, 2.75) is 56.2 Å². The topological polar surface area (TPSA) is 38.1 Å². The van der Waals surface area contributed by atoms with Crippen LogP contribution in [0.25, 0.3) is 0 Å². The zero-order chi connectivity index (χ0) is 12.4. The summed E-state index contributed by atoms with van der Waals surface area (Å²) in [6.07, 6.45) is 10.6. The Labute approximate surface area is 113 Å². The molecule has 1 aromatic rings. The average molecular weight is 266 g/mol. The van der Waals surface area contributed by atoms with Gasteiger partial charge in [0.25, 0.3) is 0 Å². The van der Waals surface area contributed by atoms with E-state index in [0.717, 1.165) is 24.5 Å². The molecule has 1 fully saturated rings. The van der Waals surface area contributed by atoms with E-state index in [9.17, 15) is 5.11 Å². The van der Waals surface area contributed by atoms with Crippen LogP contribution >= 0.6 is 11.8 Å². The first-order valence-corrected chi connectivity index (χ1v) is 8.21. The van der Waals surface area contributed by atoms with Crippen molar-refractivity contribution in [3.63, 3.8) is 0 Å². The normalized spacial score (nSPS) is 28.1. The highest BCUT2D eigenvalue weighted by Crippen LogP contribution is 2.31. The predicted molar refractivity (Wildman–Crippen MR) is 75.1 cm³/mol. The molecule has 2 unspecified atom stereocenters. The maximum absolute atomic E-state index is 9.53. The van der Waals surface area contributed by atoms with E-state index in [0.29, 0.717) is 0 Å². The number of nitrogens with zero attached hydrogens (tertiary/aromatic N) is 2. The van der Waals surface area contributed by atoms with Crippen molar-refractivity contribution in [1.82, 2.24) is 9.55 Å². The third kappa shape index (κ3) is 2.45. The third-order valence-electron chi connectivity index (χ3n) is 4.18. The molecule has 1 saturated heterocycles. The lowest BCUT2D eigenvalue weighted by Gasteiger charge is -2.27. The van der Waals surface area contributed by atoms with Gasteiger partial charge >= 0.3 is 0 Å². The van der Waals surface area contributed by atoms with Crippen LogP contribution in [0, 0.1) is 0 Å². The number of aromatic nitrogens is 2. The van der Waals surface area contributed by atoms with Crippen molar-refractivity contribution >= 4 is 11.8 Å². The third-order valence-corrected chi connectivity index (χ3v) is 5.58. The van der Waals surface area contributed by atoms with E-state index < -0.39 is 0 Å². The summed E-state index contributed by atoms with van der Waals surface area (Å²) in [5.74, 6) is 2.52. The molecule has 0 amide bonds. The van der Waals surface area contributed by atoms with E-state index in [1.165, 1.54) is 43.0 Å². The number of aliphatic hydroxyl groups is 1. The van der Waals surface area contributed by atoms with Gasteiger partial charge in [-0.3, -0.25) is 0 Å². The van der Waals surface area contributed by atoms with Crippen LogP contribution in [-0.4, -0.2) is 32.3 Å². The molecule has 1 aromatic heterocycles. The molecule has 2 aliphatic heterocycles. The van der Waals surface area contributed by atoms with E-state index >= 15 is 0 Å². The van der Waals surface area contributed by atoms with Crippen LogP contribution in [0.4, 0.5) is 0 Å². The van der Waals surface area contributed by atoms with Gasteiger partial charge in [0, 0.05) is 23.6 Å². The van der Waals surface area contributed by atoms with Crippen LogP contribution in [0.2, 0.25) is 0 Å². The first kappa shape index (κ1) is 12.5. The lowest BCUT2D eigenvalue weighted by atomic mass is 10.0. The number of fused-ring (bicyclic) bond motifs is 1. The van der Waals surface area contributed by atoms with Crippen LogP contribution in [0.15, 0.2) is 6.20 Å². The summed E-state index contributed by atoms with van der Waals surface area (Å²) in [7, 11) is 0. The van der Waals surface area contributed by atoms with Gasteiger partial charge in [-0.1, -0.05) is 6.42 Å². The van der Waals surface area contributed by atoms with Gasteiger partial charge in [0.15, 0.2) is 0 Å². The Morgan fingerprint density at radius 1 is 1.33 bits per heavy atom. The molecular weight excluding hydrogens is 244 g/mol. The molecule has 3 rings (SSSR count). The minimum atomic E-state index is 0.258. The fourth-order valence-corrected chi connectivity index (χ4v) is 4.52. The summed E-state index contributed by atoms with van der Waals surface area (Å²) < 4.78 is 2.33. The van der Waals surface area contributed by atoms with Gasteiger partial charge in [0.2, 0.25) is 0 Å². The van der Waals surface area contributed by atoms with E-state index in [4.69, 9.17) is 0 Å². The number of aliphatic hydroxyl groups excluding tert-OH is 1. The lowest BCUT2D eigenvalue weighted by Crippen LogP contribution is -2.24. The van der Waals surface area contributed by atoms with E-state index in [-0.39, 0.29) is 12.6 Å². The van der Waals surface area contributed by atoms with E-state index in [2.05, 4.69) is 21.3 Å². The number of imidazole rings is 1. The summed E-state index contributed by atoms with van der Waals surface area (Å²) in [4.78, 5) is 4.63. The fraction of sp³-hybridized carbons (Fsp3) is 0.786. The first-order valence-electron chi connectivity index (χ1n) is 7.16. The number of hydrogen-bond donors (Lipinski definition) is 1. The lowest BCUT2D eigenvalue weighted by molar-refractivity contribution is 0.204. The van der Waals surface area contributed by atoms with Crippen molar-refractivity contribution in [2.75, 3.05) is 12.4 Å². The number of thioether (sulfide) groups is 1. The van der Waals surface area contributed by atoms with Crippen molar-refractivity contribution in [3.05, 3.63) is 17.7 Å². The molecule has 4 heteroatoms. The summed E-state index contributed by atoms with van der Waals surface area (Å²) in [6, 6.07) is 0.278. The molecular formula is C14H22N2OS. The molecule has 0 spiro atoms. The van der Waals surface area contributed by atoms with Crippen LogP contribution in [0.5, 0.6) is 0 Å². The van der Waals surface area contributed by atoms with Crippen LogP contribution in [-0.2, 0) is 12.8 Å². The van der Waals surface area contributed by atoms with Gasteiger partial charge in [-0.2, -0.15) is 11.8 Å². The molecule has 0 aliphatic carbocycles. The zero-order valence-corrected chi connectivity index (χ0v) is 11.7. The number of rotatable bonds is 3. The van der Waals surface area contributed by atoms with Crippen molar-refractivity contribution in [1.29, 1.82) is 0 Å². The van der Waals surface area contributed by atoms with E-state index in [1.807, 2.05) is 6.20 Å². The molecule has 0 saturated carbocycles. The Kier molecular flexibility index (Phi) is 3.94. The summed E-state index contributed by atoms with van der Waals surface area (Å²) in [6.45, 7) is 0.258. The van der Waals surface area contributed by atoms with Crippen molar-refractivity contribution < 1.29 is 5.11 Å². The number of aryl methyl sites for hydroxylation is 1. The second-order valence-electron chi connectivity index (χ2n) is 5.46. The minimum Gasteiger partial charge on any atom is -0.394 e. The quantitative estimate of drug-likeness (QED) is 0.914. The Balaban J connectivity index is 1.77. The van der Waals surface area contributed by atoms with Gasteiger partial charge in [0.1, 0.15) is 5.82 Å². The Morgan fingerprint density at radius 3 is 3.06 bits per heavy atom. The molecule has 0 bridgehead atoms. The molecule has 2 atom stereocenters. The second-order valence-corrected chi connectivity index (χ2v) is 6.87. The van der Waals surface area contributed by atoms with Gasteiger partial charge in [0.05, 0.1) is 12.6 Å². The van der Waals surface area contributed by atoms with Gasteiger partial charge < -0.3 is 9.67 Å². The predicted octanol–water partition coefficient (Wildman–Crippen LogP) is 2.58. The number of hydrogen-bond acceptors (Lipinski definition) is 3. The van der Waals surface area contributed by atoms with Gasteiger partial charge in [-0.05, 0) is 37.9 Å². The van der Waals surface area contributed by atoms with Gasteiger partial charge in [-0.25, -0.2) is 4.98 Å². The van der Waals surface area contributed by atoms with Crippen LogP contribution < -0.4 is 0 Å². The summed E-state index contributed by atoms with van der Waals surface area (Å²) in [5, 5.41) is 10.3. The molecule has 1 N–H and O–H groups in total. The SMILES string of the molecule is OCC1CCCc2cnc(CC3CCCCS3)n21. The smallest absolute Gasteiger partial charge is 0.110 e. The molecule has 100 valence electrons. The van der Waals surface area contributed by atoms with Crippen LogP contribution in [0.1, 0.15) is 49.7 Å². The molecule has 3 heterocycles. The molecule has 0 radical (unpaired) electrons. The van der Waals surface area contributed by atoms with Crippen molar-refractivity contribution in [3.8, 4) is 0 Å². The highest BCUT2D eigenvalue weighted by atomic mass is 32.2. The molecule has 18 heavy (non-hydrogen) atoms. The summed E-state index contributed by atoms with van der Waals surface area (Å²) >= 11 is 2.11. The maximum atomic E-state index is 9.53. The Hall–Kier alpha value is -0.480. The standard InChI is InChI=1S/C14H22N2OS/c17-10-12-5-3-4-11-9-15-14(16(11)12)8-13-6-1-2-7-18-13/h9,12-13,17H,1-8,10H2. The monoisotopic (exact) mass is 266 g/mol. The largest absolute Gasteiger partial charge is 0.394 e. The summed E-state index contributed by atoms with van der Waals surface area (Å²) in [5.41, 5.74) is 1.33. The van der Waals surface area contributed by atoms with Crippen molar-refractivity contribution in [2.24, 2.45) is 0 Å². The highest BCUT2D eigenvalue weighted by Gasteiger charge is 2.24. The Bertz CT molecular complexity index is 398. The second kappa shape index (κ2) is 5.66. The maximum Gasteiger partial charge on any atom is 0.110 e. The van der Waals surface area contributed by atoms with Gasteiger partial charge in [-0.15, -0.1) is 0 Å².